The summed E-state index contributed by atoms with van der Waals surface area (Å²) in [4.78, 5) is 15.4. The van der Waals surface area contributed by atoms with Gasteiger partial charge in [-0.1, -0.05) is 31.5 Å². The third kappa shape index (κ3) is 5.61. The number of amides is 1. The number of carbonyl (C=O) groups excluding carboxylic acids is 1. The average molecular weight is 542 g/mol. The number of benzene rings is 2. The van der Waals surface area contributed by atoms with Crippen molar-refractivity contribution in [2.24, 2.45) is 5.92 Å². The third-order valence-electron chi connectivity index (χ3n) is 6.68. The van der Waals surface area contributed by atoms with Gasteiger partial charge in [0.1, 0.15) is 17.1 Å². The number of hydrogen-bond donors (Lipinski definition) is 2. The summed E-state index contributed by atoms with van der Waals surface area (Å²) in [5.41, 5.74) is 3.65. The Labute approximate surface area is 228 Å². The molecule has 0 saturated carbocycles. The molecule has 1 aliphatic rings. The van der Waals surface area contributed by atoms with Gasteiger partial charge in [0, 0.05) is 36.4 Å². The van der Waals surface area contributed by atoms with Crippen molar-refractivity contribution in [1.82, 2.24) is 15.1 Å². The van der Waals surface area contributed by atoms with Crippen LogP contribution in [0.2, 0.25) is 5.02 Å². The molecular weight excluding hydrogens is 506 g/mol. The molecular formula is C29H36ClN3O5. The smallest absolute Gasteiger partial charge is 0.273 e. The van der Waals surface area contributed by atoms with E-state index in [1.54, 1.807) is 19.2 Å². The molecule has 2 heterocycles. The minimum absolute atomic E-state index is 0.0501. The van der Waals surface area contributed by atoms with Gasteiger partial charge in [-0.25, -0.2) is 0 Å². The van der Waals surface area contributed by atoms with Crippen LogP contribution in [0.3, 0.4) is 0 Å². The van der Waals surface area contributed by atoms with Crippen LogP contribution in [0.4, 0.5) is 0 Å². The lowest BCUT2D eigenvalue weighted by Crippen LogP contribution is -2.31. The maximum absolute atomic E-state index is 13.6. The molecule has 38 heavy (non-hydrogen) atoms. The van der Waals surface area contributed by atoms with Gasteiger partial charge in [-0.3, -0.25) is 9.89 Å². The van der Waals surface area contributed by atoms with Gasteiger partial charge in [0.15, 0.2) is 11.5 Å². The Morgan fingerprint density at radius 1 is 1.16 bits per heavy atom. The van der Waals surface area contributed by atoms with E-state index < -0.39 is 6.04 Å². The monoisotopic (exact) mass is 541 g/mol. The molecule has 9 heteroatoms. The van der Waals surface area contributed by atoms with Crippen LogP contribution < -0.4 is 9.47 Å². The number of hydrogen-bond acceptors (Lipinski definition) is 6. The summed E-state index contributed by atoms with van der Waals surface area (Å²) < 4.78 is 17.3. The van der Waals surface area contributed by atoms with E-state index in [0.717, 1.165) is 17.5 Å². The van der Waals surface area contributed by atoms with E-state index in [0.29, 0.717) is 77.7 Å². The van der Waals surface area contributed by atoms with Gasteiger partial charge in [-0.15, -0.1) is 0 Å². The highest BCUT2D eigenvalue weighted by atomic mass is 35.5. The van der Waals surface area contributed by atoms with Crippen molar-refractivity contribution >= 4 is 17.5 Å². The summed E-state index contributed by atoms with van der Waals surface area (Å²) in [6.45, 7) is 10.1. The van der Waals surface area contributed by atoms with E-state index in [4.69, 9.17) is 25.8 Å². The molecule has 0 saturated heterocycles. The minimum Gasteiger partial charge on any atom is -0.507 e. The summed E-state index contributed by atoms with van der Waals surface area (Å²) in [6, 6.07) is 8.64. The van der Waals surface area contributed by atoms with Crippen LogP contribution in [0, 0.1) is 12.8 Å². The van der Waals surface area contributed by atoms with Gasteiger partial charge in [-0.05, 0) is 68.0 Å². The highest BCUT2D eigenvalue weighted by Gasteiger charge is 2.42. The number of aryl methyl sites for hydroxylation is 1. The summed E-state index contributed by atoms with van der Waals surface area (Å²) in [7, 11) is 1.64. The van der Waals surface area contributed by atoms with Crippen LogP contribution in [0.5, 0.6) is 17.2 Å². The summed E-state index contributed by atoms with van der Waals surface area (Å²) >= 11 is 6.41. The lowest BCUT2D eigenvalue weighted by Gasteiger charge is -2.27. The van der Waals surface area contributed by atoms with Gasteiger partial charge in [0.25, 0.3) is 5.91 Å². The number of methoxy groups -OCH3 is 1. The molecule has 1 atom stereocenters. The molecule has 1 aromatic heterocycles. The standard InChI is InChI=1S/C29H36ClN3O5/c1-6-37-24-15-19(8-9-23(24)38-13-10-17(2)3)28-25-26(20-16-21(30)18(4)14-22(20)34)31-32-27(25)29(35)33(28)11-7-12-36-5/h8-9,14-17,28,34H,6-7,10-13H2,1-5H3,(H,31,32). The number of fused-ring (bicyclic) bond motifs is 1. The fraction of sp³-hybridized carbons (Fsp3) is 0.448. The molecule has 0 fully saturated rings. The van der Waals surface area contributed by atoms with Gasteiger partial charge in [-0.2, -0.15) is 5.10 Å². The fourth-order valence-electron chi connectivity index (χ4n) is 4.70. The van der Waals surface area contributed by atoms with Crippen LogP contribution in [0.25, 0.3) is 11.3 Å². The van der Waals surface area contributed by atoms with E-state index in [1.165, 1.54) is 0 Å². The summed E-state index contributed by atoms with van der Waals surface area (Å²) in [5.74, 6) is 1.71. The largest absolute Gasteiger partial charge is 0.507 e. The number of aromatic amines is 1. The lowest BCUT2D eigenvalue weighted by atomic mass is 9.95. The molecule has 0 aliphatic carbocycles. The van der Waals surface area contributed by atoms with E-state index in [-0.39, 0.29) is 11.7 Å². The normalized spacial score (nSPS) is 14.9. The minimum atomic E-state index is -0.452. The van der Waals surface area contributed by atoms with Crippen LogP contribution in [-0.2, 0) is 4.74 Å². The van der Waals surface area contributed by atoms with Crippen LogP contribution in [-0.4, -0.2) is 59.6 Å². The molecule has 0 bridgehead atoms. The first-order valence-electron chi connectivity index (χ1n) is 13.0. The molecule has 3 aromatic rings. The predicted molar refractivity (Wildman–Crippen MR) is 147 cm³/mol. The quantitative estimate of drug-likeness (QED) is 0.267. The number of aromatic nitrogens is 2. The molecule has 1 unspecified atom stereocenters. The third-order valence-corrected chi connectivity index (χ3v) is 7.09. The Kier molecular flexibility index (Phi) is 8.84. The van der Waals surface area contributed by atoms with Gasteiger partial charge >= 0.3 is 0 Å². The number of ether oxygens (including phenoxy) is 3. The zero-order chi connectivity index (χ0) is 27.4. The van der Waals surface area contributed by atoms with Crippen LogP contribution >= 0.6 is 11.6 Å². The predicted octanol–water partition coefficient (Wildman–Crippen LogP) is 6.15. The Morgan fingerprint density at radius 2 is 1.95 bits per heavy atom. The number of phenolic OH excluding ortho intramolecular Hbond substituents is 1. The first-order chi connectivity index (χ1) is 18.3. The van der Waals surface area contributed by atoms with E-state index in [2.05, 4.69) is 24.0 Å². The Hall–Kier alpha value is -3.23. The fourth-order valence-corrected chi connectivity index (χ4v) is 4.86. The van der Waals surface area contributed by atoms with Crippen molar-refractivity contribution in [1.29, 1.82) is 0 Å². The van der Waals surface area contributed by atoms with Crippen molar-refractivity contribution in [3.05, 3.63) is 57.7 Å². The van der Waals surface area contributed by atoms with Crippen LogP contribution in [0.15, 0.2) is 30.3 Å². The van der Waals surface area contributed by atoms with Crippen molar-refractivity contribution in [3.63, 3.8) is 0 Å². The van der Waals surface area contributed by atoms with Crippen molar-refractivity contribution in [3.8, 4) is 28.5 Å². The number of nitrogens with one attached hydrogen (secondary N) is 1. The molecule has 2 N–H and O–H groups in total. The first-order valence-corrected chi connectivity index (χ1v) is 13.4. The lowest BCUT2D eigenvalue weighted by molar-refractivity contribution is 0.0723. The highest BCUT2D eigenvalue weighted by molar-refractivity contribution is 6.31. The molecule has 8 nitrogen and oxygen atoms in total. The van der Waals surface area contributed by atoms with Crippen molar-refractivity contribution < 1.29 is 24.1 Å². The maximum atomic E-state index is 13.6. The zero-order valence-electron chi connectivity index (χ0n) is 22.6. The van der Waals surface area contributed by atoms with Crippen molar-refractivity contribution in [2.75, 3.05) is 33.5 Å². The Balaban J connectivity index is 1.80. The number of aromatic hydroxyl groups is 1. The molecule has 1 aliphatic heterocycles. The first kappa shape index (κ1) is 27.8. The highest BCUT2D eigenvalue weighted by Crippen LogP contribution is 2.46. The zero-order valence-corrected chi connectivity index (χ0v) is 23.4. The molecule has 0 spiro atoms. The number of H-pyrrole nitrogens is 1. The Morgan fingerprint density at radius 3 is 2.66 bits per heavy atom. The summed E-state index contributed by atoms with van der Waals surface area (Å²) in [6.07, 6.45) is 1.60. The second kappa shape index (κ2) is 12.1. The van der Waals surface area contributed by atoms with Crippen molar-refractivity contribution in [2.45, 2.75) is 46.6 Å². The van der Waals surface area contributed by atoms with E-state index in [1.807, 2.05) is 36.9 Å². The van der Waals surface area contributed by atoms with Gasteiger partial charge in [0.05, 0.1) is 19.3 Å². The molecule has 1 amide bonds. The number of phenols is 1. The molecule has 0 radical (unpaired) electrons. The number of carbonyl (C=O) groups is 1. The number of nitrogens with zero attached hydrogens (tertiary/aromatic N) is 2. The Bertz CT molecular complexity index is 1290. The number of rotatable bonds is 12. The van der Waals surface area contributed by atoms with E-state index >= 15 is 0 Å². The van der Waals surface area contributed by atoms with Crippen LogP contribution in [0.1, 0.15) is 66.8 Å². The van der Waals surface area contributed by atoms with Gasteiger partial charge < -0.3 is 24.2 Å². The topological polar surface area (TPSA) is 96.9 Å². The average Bonchev–Trinajstić information content (AvgIpc) is 3.41. The number of halogens is 1. The second-order valence-electron chi connectivity index (χ2n) is 9.90. The molecule has 2 aromatic carbocycles. The maximum Gasteiger partial charge on any atom is 0.273 e. The second-order valence-corrected chi connectivity index (χ2v) is 10.3. The molecule has 4 rings (SSSR count). The molecule has 204 valence electrons. The SMILES string of the molecule is CCOc1cc(C2c3c(-c4cc(Cl)c(C)cc4O)n[nH]c3C(=O)N2CCCOC)ccc1OCCC(C)C. The summed E-state index contributed by atoms with van der Waals surface area (Å²) in [5, 5.41) is 18.7. The van der Waals surface area contributed by atoms with Gasteiger partial charge in [0.2, 0.25) is 0 Å². The van der Waals surface area contributed by atoms with E-state index in [9.17, 15) is 9.90 Å².